The second kappa shape index (κ2) is 6.29. The number of rotatable bonds is 5. The van der Waals surface area contributed by atoms with Gasteiger partial charge in [0.2, 0.25) is 0 Å². The van der Waals surface area contributed by atoms with E-state index in [1.165, 1.54) is 0 Å². The maximum Gasteiger partial charge on any atom is 0.531 e. The molecule has 0 spiro atoms. The first-order valence-electron chi connectivity index (χ1n) is 5.61. The smallest absolute Gasteiger partial charge is 0.531 e. The van der Waals surface area contributed by atoms with Crippen LogP contribution >= 0.6 is 19.9 Å². The molecule has 1 rings (SSSR count). The van der Waals surface area contributed by atoms with Gasteiger partial charge in [-0.3, -0.25) is 0 Å². The van der Waals surface area contributed by atoms with Crippen molar-refractivity contribution >= 4 is 25.6 Å². The van der Waals surface area contributed by atoms with E-state index in [9.17, 15) is 36.0 Å². The van der Waals surface area contributed by atoms with Gasteiger partial charge in [-0.15, -0.1) is 0 Å². The van der Waals surface area contributed by atoms with E-state index < -0.39 is 43.9 Å². The third-order valence-electron chi connectivity index (χ3n) is 2.55. The van der Waals surface area contributed by atoms with Crippen molar-refractivity contribution in [3.63, 3.8) is 0 Å². The minimum atomic E-state index is -5.65. The number of ether oxygens (including phenoxy) is 1. The normalized spacial score (nSPS) is 26.7. The molecular formula is C9H10F6NO3PS. The summed E-state index contributed by atoms with van der Waals surface area (Å²) < 4.78 is 84.8. The summed E-state index contributed by atoms with van der Waals surface area (Å²) >= 11 is 0.704. The third-order valence-corrected chi connectivity index (χ3v) is 4.61. The van der Waals surface area contributed by atoms with Crippen molar-refractivity contribution in [2.45, 2.75) is 43.6 Å². The molecule has 0 amide bonds. The Labute approximate surface area is 120 Å². The molecule has 0 saturated heterocycles. The van der Waals surface area contributed by atoms with Gasteiger partial charge in [0.25, 0.3) is 0 Å². The van der Waals surface area contributed by atoms with E-state index in [0.29, 0.717) is 24.1 Å². The SMILES string of the molecule is CCCS/N=[P+](\[O-])C(=O)OC1CC(F)(F)C(F)(F)C1(F)F. The summed E-state index contributed by atoms with van der Waals surface area (Å²) in [4.78, 5) is 22.4. The van der Waals surface area contributed by atoms with Crippen LogP contribution in [0.25, 0.3) is 0 Å². The first kappa shape index (κ1) is 18.5. The minimum Gasteiger partial charge on any atom is -0.601 e. The van der Waals surface area contributed by atoms with Crippen molar-refractivity contribution < 1.29 is 40.8 Å². The van der Waals surface area contributed by atoms with E-state index in [1.54, 1.807) is 6.92 Å². The van der Waals surface area contributed by atoms with E-state index in [2.05, 4.69) is 8.89 Å². The largest absolute Gasteiger partial charge is 0.601 e. The van der Waals surface area contributed by atoms with Gasteiger partial charge in [0.05, 0.1) is 6.42 Å². The summed E-state index contributed by atoms with van der Waals surface area (Å²) in [7, 11) is -3.12. The molecule has 0 bridgehead atoms. The van der Waals surface area contributed by atoms with E-state index >= 15 is 0 Å². The molecular weight excluding hydrogens is 347 g/mol. The van der Waals surface area contributed by atoms with Crippen LogP contribution in [0.15, 0.2) is 4.15 Å². The fraction of sp³-hybridized carbons (Fsp3) is 0.889. The lowest BCUT2D eigenvalue weighted by Crippen LogP contribution is -2.49. The number of nitrogens with zero attached hydrogens (tertiary/aromatic N) is 1. The molecule has 1 saturated carbocycles. The van der Waals surface area contributed by atoms with Crippen LogP contribution in [-0.4, -0.2) is 35.3 Å². The average Bonchev–Trinajstić information content (AvgIpc) is 2.47. The Bertz CT molecular complexity index is 447. The Hall–Kier alpha value is -0.540. The molecule has 12 heteroatoms. The van der Waals surface area contributed by atoms with Crippen molar-refractivity contribution in [1.29, 1.82) is 0 Å². The molecule has 21 heavy (non-hydrogen) atoms. The molecule has 0 aromatic heterocycles. The highest BCUT2D eigenvalue weighted by molar-refractivity contribution is 8.00. The van der Waals surface area contributed by atoms with Gasteiger partial charge in [-0.1, -0.05) is 6.92 Å². The van der Waals surface area contributed by atoms with Gasteiger partial charge in [-0.05, 0) is 10.6 Å². The zero-order valence-corrected chi connectivity index (χ0v) is 12.2. The quantitative estimate of drug-likeness (QED) is 0.325. The molecule has 0 aromatic carbocycles. The van der Waals surface area contributed by atoms with Crippen LogP contribution in [0.5, 0.6) is 0 Å². The van der Waals surface area contributed by atoms with E-state index in [4.69, 9.17) is 0 Å². The maximum absolute atomic E-state index is 13.2. The summed E-state index contributed by atoms with van der Waals surface area (Å²) in [6.45, 7) is 1.75. The van der Waals surface area contributed by atoms with E-state index in [0.717, 1.165) is 0 Å². The number of hydrogen-bond donors (Lipinski definition) is 0. The fourth-order valence-electron chi connectivity index (χ4n) is 1.44. The first-order chi connectivity index (χ1) is 9.47. The Kier molecular flexibility index (Phi) is 5.55. The predicted octanol–water partition coefficient (Wildman–Crippen LogP) is 3.80. The lowest BCUT2D eigenvalue weighted by atomic mass is 10.2. The Morgan fingerprint density at radius 3 is 2.38 bits per heavy atom. The number of carbonyl (C=O) groups excluding carboxylic acids is 1. The minimum absolute atomic E-state index is 0.379. The van der Waals surface area contributed by atoms with Gasteiger partial charge in [0, 0.05) is 17.7 Å². The average molecular weight is 357 g/mol. The van der Waals surface area contributed by atoms with Crippen LogP contribution in [0, 0.1) is 0 Å². The van der Waals surface area contributed by atoms with Crippen molar-refractivity contribution in [2.24, 2.45) is 4.15 Å². The summed E-state index contributed by atoms with van der Waals surface area (Å²) in [5.41, 5.74) is -1.83. The monoisotopic (exact) mass is 357 g/mol. The highest BCUT2D eigenvalue weighted by atomic mass is 32.2. The molecule has 1 aliphatic carbocycles. The first-order valence-corrected chi connectivity index (χ1v) is 7.77. The Morgan fingerprint density at radius 1 is 1.38 bits per heavy atom. The fourth-order valence-corrected chi connectivity index (χ4v) is 2.85. The van der Waals surface area contributed by atoms with Crippen LogP contribution in [-0.2, 0) is 4.74 Å². The van der Waals surface area contributed by atoms with Crippen molar-refractivity contribution in [2.75, 3.05) is 5.75 Å². The molecule has 122 valence electrons. The molecule has 1 aliphatic rings. The highest BCUT2D eigenvalue weighted by Crippen LogP contribution is 2.57. The van der Waals surface area contributed by atoms with Crippen LogP contribution in [0.2, 0.25) is 0 Å². The van der Waals surface area contributed by atoms with Crippen LogP contribution < -0.4 is 4.89 Å². The van der Waals surface area contributed by atoms with Crippen LogP contribution in [0.3, 0.4) is 0 Å². The van der Waals surface area contributed by atoms with Crippen molar-refractivity contribution in [3.05, 3.63) is 0 Å². The zero-order chi connectivity index (χ0) is 16.5. The molecule has 1 fully saturated rings. The lowest BCUT2D eigenvalue weighted by molar-refractivity contribution is -0.280. The zero-order valence-electron chi connectivity index (χ0n) is 10.5. The van der Waals surface area contributed by atoms with Gasteiger partial charge in [-0.25, -0.2) is 0 Å². The molecule has 4 nitrogen and oxygen atoms in total. The second-order valence-corrected chi connectivity index (χ2v) is 6.40. The predicted molar refractivity (Wildman–Crippen MR) is 61.8 cm³/mol. The van der Waals surface area contributed by atoms with Gasteiger partial charge in [0.15, 0.2) is 6.10 Å². The van der Waals surface area contributed by atoms with E-state index in [-0.39, 0.29) is 0 Å². The van der Waals surface area contributed by atoms with Gasteiger partial charge >= 0.3 is 31.4 Å². The molecule has 0 aromatic rings. The number of carbonyl (C=O) groups is 1. The topological polar surface area (TPSA) is 61.7 Å². The highest BCUT2D eigenvalue weighted by Gasteiger charge is 2.82. The number of alkyl halides is 6. The van der Waals surface area contributed by atoms with Crippen LogP contribution in [0.4, 0.5) is 31.1 Å². The van der Waals surface area contributed by atoms with Crippen molar-refractivity contribution in [1.82, 2.24) is 0 Å². The Morgan fingerprint density at radius 2 is 1.95 bits per heavy atom. The lowest BCUT2D eigenvalue weighted by Gasteiger charge is -2.24. The second-order valence-electron chi connectivity index (χ2n) is 4.17. The molecule has 2 atom stereocenters. The third kappa shape index (κ3) is 3.45. The number of hydrogen-bond acceptors (Lipinski definition) is 5. The van der Waals surface area contributed by atoms with E-state index in [1.807, 2.05) is 0 Å². The van der Waals surface area contributed by atoms with Gasteiger partial charge in [-0.2, -0.15) is 31.1 Å². The van der Waals surface area contributed by atoms with Gasteiger partial charge < -0.3 is 9.63 Å². The summed E-state index contributed by atoms with van der Waals surface area (Å²) in [6, 6.07) is 0. The molecule has 0 N–H and O–H groups in total. The molecule has 0 radical (unpaired) electrons. The summed E-state index contributed by atoms with van der Waals surface area (Å²) in [6.07, 6.45) is -4.49. The summed E-state index contributed by atoms with van der Waals surface area (Å²) in [5.74, 6) is -15.5. The maximum atomic E-state index is 13.2. The standard InChI is InChI=1S/C9H10F6NO3PS/c1-2-3-21-16-20(18)6(17)19-5-4-7(10,11)9(14,15)8(5,12)13/h5H,2-4H2,1H3. The number of halogens is 6. The molecule has 0 heterocycles. The molecule has 2 unspecified atom stereocenters. The molecule has 0 aliphatic heterocycles. The van der Waals surface area contributed by atoms with Gasteiger partial charge in [0.1, 0.15) is 0 Å². The summed E-state index contributed by atoms with van der Waals surface area (Å²) in [5, 5.41) is 0. The Balaban J connectivity index is 2.80. The van der Waals surface area contributed by atoms with Crippen LogP contribution in [0.1, 0.15) is 19.8 Å². The van der Waals surface area contributed by atoms with Crippen molar-refractivity contribution in [3.8, 4) is 0 Å².